The van der Waals surface area contributed by atoms with Crippen LogP contribution in [0.3, 0.4) is 0 Å². The zero-order valence-electron chi connectivity index (χ0n) is 17.4. The number of aryl methyl sites for hydroxylation is 1. The summed E-state index contributed by atoms with van der Waals surface area (Å²) in [5.74, 6) is 1.03. The first-order valence-corrected chi connectivity index (χ1v) is 10.8. The van der Waals surface area contributed by atoms with Crippen LogP contribution in [-0.2, 0) is 11.8 Å². The molecule has 0 bridgehead atoms. The number of nitrogens with zero attached hydrogens (tertiary/aromatic N) is 5. The molecule has 2 aromatic heterocycles. The fourth-order valence-electron chi connectivity index (χ4n) is 3.87. The van der Waals surface area contributed by atoms with Gasteiger partial charge in [-0.1, -0.05) is 35.9 Å². The van der Waals surface area contributed by atoms with Crippen molar-refractivity contribution in [3.8, 4) is 11.4 Å². The van der Waals surface area contributed by atoms with Crippen LogP contribution in [0.4, 0.5) is 11.6 Å². The van der Waals surface area contributed by atoms with Crippen LogP contribution in [0.25, 0.3) is 22.3 Å². The molecule has 5 rings (SSSR count). The van der Waals surface area contributed by atoms with Crippen molar-refractivity contribution in [1.29, 1.82) is 0 Å². The molecule has 1 saturated heterocycles. The van der Waals surface area contributed by atoms with Gasteiger partial charge in [0.25, 0.3) is 0 Å². The van der Waals surface area contributed by atoms with Crippen LogP contribution in [0.5, 0.6) is 0 Å². The number of halogens is 1. The number of aliphatic hydroxyl groups is 2. The van der Waals surface area contributed by atoms with E-state index in [9.17, 15) is 10.2 Å². The van der Waals surface area contributed by atoms with Crippen LogP contribution in [-0.4, -0.2) is 41.4 Å². The largest absolute Gasteiger partial charge is 0.364 e. The van der Waals surface area contributed by atoms with Gasteiger partial charge in [0.2, 0.25) is 5.95 Å². The predicted molar refractivity (Wildman–Crippen MR) is 120 cm³/mol. The molecule has 0 spiro atoms. The lowest BCUT2D eigenvalue weighted by Crippen LogP contribution is -2.18. The van der Waals surface area contributed by atoms with E-state index in [-0.39, 0.29) is 6.23 Å². The number of benzene rings is 2. The molecule has 1 fully saturated rings. The number of aliphatic hydroxyl groups excluding tert-OH is 1. The maximum absolute atomic E-state index is 9.26. The summed E-state index contributed by atoms with van der Waals surface area (Å²) in [5, 5.41) is 32.1. The molecule has 0 amide bonds. The lowest BCUT2D eigenvalue weighted by atomic mass is 10.1. The van der Waals surface area contributed by atoms with Crippen LogP contribution in [0.1, 0.15) is 37.3 Å². The van der Waals surface area contributed by atoms with E-state index in [1.54, 1.807) is 42.2 Å². The van der Waals surface area contributed by atoms with Gasteiger partial charge in [-0.3, -0.25) is 0 Å². The van der Waals surface area contributed by atoms with Gasteiger partial charge in [0.1, 0.15) is 0 Å². The zero-order valence-corrected chi connectivity index (χ0v) is 18.2. The maximum Gasteiger partial charge on any atom is 0.225 e. The second-order valence-corrected chi connectivity index (χ2v) is 8.15. The highest BCUT2D eigenvalue weighted by molar-refractivity contribution is 6.38. The van der Waals surface area contributed by atoms with E-state index < -0.39 is 6.29 Å². The molecule has 2 aromatic carbocycles. The van der Waals surface area contributed by atoms with Crippen LogP contribution < -0.4 is 5.32 Å². The Morgan fingerprint density at radius 1 is 1.16 bits per heavy atom. The van der Waals surface area contributed by atoms with Gasteiger partial charge < -0.3 is 20.3 Å². The van der Waals surface area contributed by atoms with Gasteiger partial charge >= 0.3 is 0 Å². The van der Waals surface area contributed by atoms with Crippen molar-refractivity contribution in [2.24, 2.45) is 7.05 Å². The van der Waals surface area contributed by atoms with Crippen LogP contribution >= 0.6 is 11.6 Å². The second kappa shape index (κ2) is 8.51. The summed E-state index contributed by atoms with van der Waals surface area (Å²) in [5.41, 5.74) is 2.79. The van der Waals surface area contributed by atoms with Crippen molar-refractivity contribution in [2.75, 3.05) is 11.9 Å². The summed E-state index contributed by atoms with van der Waals surface area (Å²) in [7, 11) is 1.79. The van der Waals surface area contributed by atoms with Gasteiger partial charge in [-0.05, 0) is 31.4 Å². The number of fused-ring (bicyclic) bond motifs is 1. The van der Waals surface area contributed by atoms with Crippen LogP contribution in [0.2, 0.25) is 5.02 Å². The lowest BCUT2D eigenvalue weighted by Gasteiger charge is -2.23. The molecule has 0 aliphatic carbocycles. The van der Waals surface area contributed by atoms with E-state index in [0.29, 0.717) is 28.0 Å². The fraction of sp³-hybridized carbons (Fsp3) is 0.318. The molecule has 0 radical (unpaired) electrons. The summed E-state index contributed by atoms with van der Waals surface area (Å²) >= 11 is 6.71. The van der Waals surface area contributed by atoms with Crippen molar-refractivity contribution in [3.63, 3.8) is 0 Å². The Morgan fingerprint density at radius 2 is 1.97 bits per heavy atom. The first-order chi connectivity index (χ1) is 15.5. The third-order valence-corrected chi connectivity index (χ3v) is 6.03. The normalized spacial score (nSPS) is 16.7. The topological polar surface area (TPSA) is 110 Å². The minimum absolute atomic E-state index is 0.0595. The highest BCUT2D eigenvalue weighted by Gasteiger charge is 2.20. The van der Waals surface area contributed by atoms with Crippen molar-refractivity contribution in [3.05, 3.63) is 53.2 Å². The Bertz CT molecular complexity index is 1240. The zero-order chi connectivity index (χ0) is 22.2. The standard InChI is InChI=1S/C22H23ClN6O3/c1-28-22(26-20(27-28)13-5-7-14(8-6-13)21(30)31)25-16-9-10-17-15(19(16)23)12-24-29(17)18-4-2-3-11-32-18/h5-10,12,18,21,30-31H,2-4,11H2,1H3,(H,25,26,27). The lowest BCUT2D eigenvalue weighted by molar-refractivity contribution is -0.0424. The molecule has 3 heterocycles. The molecule has 3 N–H and O–H groups in total. The average molecular weight is 455 g/mol. The summed E-state index contributed by atoms with van der Waals surface area (Å²) in [6.07, 6.45) is 3.34. The van der Waals surface area contributed by atoms with E-state index in [1.807, 2.05) is 16.8 Å². The van der Waals surface area contributed by atoms with Crippen molar-refractivity contribution in [1.82, 2.24) is 24.5 Å². The van der Waals surface area contributed by atoms with Crippen molar-refractivity contribution >= 4 is 34.1 Å². The number of aromatic nitrogens is 5. The van der Waals surface area contributed by atoms with E-state index in [2.05, 4.69) is 20.5 Å². The molecule has 1 aliphatic rings. The Hall–Kier alpha value is -2.98. The third-order valence-electron chi connectivity index (χ3n) is 5.62. The van der Waals surface area contributed by atoms with Gasteiger partial charge in [-0.25, -0.2) is 9.36 Å². The highest BCUT2D eigenvalue weighted by atomic mass is 35.5. The SMILES string of the molecule is Cn1nc(-c2ccc(C(O)O)cc2)nc1Nc1ccc2c(cnn2C2CCCCO2)c1Cl. The monoisotopic (exact) mass is 454 g/mol. The predicted octanol–water partition coefficient (Wildman–Crippen LogP) is 3.91. The Balaban J connectivity index is 1.41. The van der Waals surface area contributed by atoms with Gasteiger partial charge in [0.05, 0.1) is 22.4 Å². The molecule has 166 valence electrons. The summed E-state index contributed by atoms with van der Waals surface area (Å²) in [6, 6.07) is 10.6. The van der Waals surface area contributed by atoms with Gasteiger partial charge in [0, 0.05) is 30.2 Å². The smallest absolute Gasteiger partial charge is 0.225 e. The number of anilines is 2. The first-order valence-electron chi connectivity index (χ1n) is 10.4. The fourth-order valence-corrected chi connectivity index (χ4v) is 4.13. The molecular formula is C22H23ClN6O3. The number of rotatable bonds is 5. The second-order valence-electron chi connectivity index (χ2n) is 7.77. The van der Waals surface area contributed by atoms with Crippen LogP contribution in [0.15, 0.2) is 42.6 Å². The molecule has 4 aromatic rings. The van der Waals surface area contributed by atoms with E-state index in [4.69, 9.17) is 16.3 Å². The molecular weight excluding hydrogens is 432 g/mol. The molecule has 10 heteroatoms. The molecule has 1 aliphatic heterocycles. The number of ether oxygens (including phenoxy) is 1. The maximum atomic E-state index is 9.26. The summed E-state index contributed by atoms with van der Waals surface area (Å²) in [6.45, 7) is 0.747. The highest BCUT2D eigenvalue weighted by Crippen LogP contribution is 2.35. The molecule has 1 unspecified atom stereocenters. The Labute approximate surface area is 189 Å². The van der Waals surface area contributed by atoms with Crippen molar-refractivity contribution in [2.45, 2.75) is 31.8 Å². The van der Waals surface area contributed by atoms with E-state index >= 15 is 0 Å². The molecule has 1 atom stereocenters. The van der Waals surface area contributed by atoms with E-state index in [1.165, 1.54) is 0 Å². The quantitative estimate of drug-likeness (QED) is 0.392. The Morgan fingerprint density at radius 3 is 2.69 bits per heavy atom. The number of nitrogens with one attached hydrogen (secondary N) is 1. The minimum Gasteiger partial charge on any atom is -0.364 e. The average Bonchev–Trinajstić information content (AvgIpc) is 3.40. The first kappa shape index (κ1) is 20.9. The molecule has 32 heavy (non-hydrogen) atoms. The number of hydrogen-bond donors (Lipinski definition) is 3. The summed E-state index contributed by atoms with van der Waals surface area (Å²) < 4.78 is 9.40. The summed E-state index contributed by atoms with van der Waals surface area (Å²) in [4.78, 5) is 4.57. The molecule has 9 nitrogen and oxygen atoms in total. The third kappa shape index (κ3) is 3.84. The van der Waals surface area contributed by atoms with E-state index in [0.717, 1.165) is 42.3 Å². The van der Waals surface area contributed by atoms with Crippen molar-refractivity contribution < 1.29 is 14.9 Å². The number of hydrogen-bond acceptors (Lipinski definition) is 7. The van der Waals surface area contributed by atoms with Crippen LogP contribution in [0, 0.1) is 0 Å². The molecule has 0 saturated carbocycles. The van der Waals surface area contributed by atoms with Gasteiger partial charge in [-0.15, -0.1) is 5.10 Å². The minimum atomic E-state index is -1.51. The van der Waals surface area contributed by atoms with Gasteiger partial charge in [-0.2, -0.15) is 10.1 Å². The van der Waals surface area contributed by atoms with Gasteiger partial charge in [0.15, 0.2) is 18.3 Å². The Kier molecular flexibility index (Phi) is 5.56.